The fourth-order valence-corrected chi connectivity index (χ4v) is 5.28. The number of nitrogens with zero attached hydrogens (tertiary/aromatic N) is 2. The lowest BCUT2D eigenvalue weighted by molar-refractivity contribution is -0.141. The SMILES string of the molecule is CCC(C(=O)NCC(C)C)N(Cc1ccc(F)cc1)C(=O)CCCN(c1ccc2c(c1)OCCO2)S(C)(=O)=O. The average molecular weight is 564 g/mol. The molecule has 1 aliphatic rings. The van der Waals surface area contributed by atoms with Crippen molar-refractivity contribution in [1.29, 1.82) is 0 Å². The molecule has 0 spiro atoms. The summed E-state index contributed by atoms with van der Waals surface area (Å²) < 4.78 is 51.1. The Morgan fingerprint density at radius 1 is 1.05 bits per heavy atom. The molecule has 1 atom stereocenters. The van der Waals surface area contributed by atoms with Crippen LogP contribution in [-0.2, 0) is 26.2 Å². The van der Waals surface area contributed by atoms with E-state index in [-0.39, 0.29) is 43.7 Å². The Morgan fingerprint density at radius 3 is 2.33 bits per heavy atom. The molecule has 3 rings (SSSR count). The molecule has 0 bridgehead atoms. The largest absolute Gasteiger partial charge is 0.486 e. The third kappa shape index (κ3) is 8.58. The molecule has 1 heterocycles. The van der Waals surface area contributed by atoms with Gasteiger partial charge in [-0.25, -0.2) is 12.8 Å². The molecule has 1 unspecified atom stereocenters. The fraction of sp³-hybridized carbons (Fsp3) is 0.500. The van der Waals surface area contributed by atoms with Crippen molar-refractivity contribution in [3.63, 3.8) is 0 Å². The van der Waals surface area contributed by atoms with E-state index in [1.807, 2.05) is 20.8 Å². The molecule has 0 saturated heterocycles. The predicted molar refractivity (Wildman–Crippen MR) is 148 cm³/mol. The number of amides is 2. The number of nitrogens with one attached hydrogen (secondary N) is 1. The summed E-state index contributed by atoms with van der Waals surface area (Å²) in [6.45, 7) is 7.26. The molecular formula is C28H38FN3O6S. The van der Waals surface area contributed by atoms with Crippen molar-refractivity contribution >= 4 is 27.5 Å². The zero-order valence-corrected chi connectivity index (χ0v) is 23.8. The molecule has 2 aromatic rings. The maximum absolute atomic E-state index is 13.5. The lowest BCUT2D eigenvalue weighted by atomic mass is 10.1. The van der Waals surface area contributed by atoms with Crippen LogP contribution in [0.25, 0.3) is 0 Å². The van der Waals surface area contributed by atoms with Gasteiger partial charge >= 0.3 is 0 Å². The molecule has 2 aromatic carbocycles. The van der Waals surface area contributed by atoms with Crippen molar-refractivity contribution in [2.24, 2.45) is 5.92 Å². The van der Waals surface area contributed by atoms with Gasteiger partial charge in [-0.2, -0.15) is 0 Å². The molecule has 11 heteroatoms. The standard InChI is InChI=1S/C28H38FN3O6S/c1-5-24(28(34)30-18-20(2)3)31(19-21-8-10-22(29)11-9-21)27(33)7-6-14-32(39(4,35)36)23-12-13-25-26(17-23)38-16-15-37-25/h8-13,17,20,24H,5-7,14-16,18-19H2,1-4H3,(H,30,34). The lowest BCUT2D eigenvalue weighted by Gasteiger charge is -2.31. The van der Waals surface area contributed by atoms with E-state index in [0.717, 1.165) is 6.26 Å². The third-order valence-electron chi connectivity index (χ3n) is 6.30. The van der Waals surface area contributed by atoms with Crippen LogP contribution in [0.5, 0.6) is 11.5 Å². The van der Waals surface area contributed by atoms with Gasteiger partial charge in [0.2, 0.25) is 21.8 Å². The molecule has 0 aliphatic carbocycles. The number of fused-ring (bicyclic) bond motifs is 1. The topological polar surface area (TPSA) is 105 Å². The second-order valence-electron chi connectivity index (χ2n) is 9.98. The highest BCUT2D eigenvalue weighted by atomic mass is 32.2. The van der Waals surface area contributed by atoms with Crippen LogP contribution in [0.4, 0.5) is 10.1 Å². The van der Waals surface area contributed by atoms with Gasteiger partial charge in [0.25, 0.3) is 0 Å². The zero-order chi connectivity index (χ0) is 28.6. The smallest absolute Gasteiger partial charge is 0.242 e. The molecule has 1 N–H and O–H groups in total. The molecule has 1 aliphatic heterocycles. The first-order valence-corrected chi connectivity index (χ1v) is 15.0. The number of rotatable bonds is 13. The Balaban J connectivity index is 1.75. The second kappa shape index (κ2) is 13.6. The van der Waals surface area contributed by atoms with Crippen LogP contribution in [-0.4, -0.2) is 63.7 Å². The first-order valence-electron chi connectivity index (χ1n) is 13.2. The Labute approximate surface area is 230 Å². The Kier molecular flexibility index (Phi) is 10.6. The van der Waals surface area contributed by atoms with E-state index in [9.17, 15) is 22.4 Å². The van der Waals surface area contributed by atoms with Crippen molar-refractivity contribution < 1.29 is 31.9 Å². The van der Waals surface area contributed by atoms with Crippen LogP contribution in [0.15, 0.2) is 42.5 Å². The first kappa shape index (κ1) is 30.2. The summed E-state index contributed by atoms with van der Waals surface area (Å²) in [5, 5.41) is 2.90. The minimum atomic E-state index is -3.65. The van der Waals surface area contributed by atoms with Crippen molar-refractivity contribution in [3.05, 3.63) is 53.8 Å². The van der Waals surface area contributed by atoms with Crippen LogP contribution in [0.2, 0.25) is 0 Å². The highest BCUT2D eigenvalue weighted by Gasteiger charge is 2.29. The molecule has 0 saturated carbocycles. The van der Waals surface area contributed by atoms with Gasteiger partial charge in [0.05, 0.1) is 11.9 Å². The van der Waals surface area contributed by atoms with Crippen molar-refractivity contribution in [1.82, 2.24) is 10.2 Å². The van der Waals surface area contributed by atoms with Crippen molar-refractivity contribution in [2.75, 3.05) is 36.9 Å². The summed E-state index contributed by atoms with van der Waals surface area (Å²) in [5.74, 6) is 0.323. The van der Waals surface area contributed by atoms with Gasteiger partial charge in [-0.1, -0.05) is 32.9 Å². The predicted octanol–water partition coefficient (Wildman–Crippen LogP) is 3.72. The van der Waals surface area contributed by atoms with E-state index in [0.29, 0.717) is 48.9 Å². The normalized spacial score (nSPS) is 13.6. The fourth-order valence-electron chi connectivity index (χ4n) is 4.32. The highest BCUT2D eigenvalue weighted by Crippen LogP contribution is 2.34. The molecule has 9 nitrogen and oxygen atoms in total. The Hall–Kier alpha value is -3.34. The molecule has 39 heavy (non-hydrogen) atoms. The molecule has 0 radical (unpaired) electrons. The van der Waals surface area contributed by atoms with Gasteiger partial charge < -0.3 is 19.7 Å². The summed E-state index contributed by atoms with van der Waals surface area (Å²) in [6.07, 6.45) is 1.75. The van der Waals surface area contributed by atoms with Gasteiger partial charge in [-0.05, 0) is 48.6 Å². The van der Waals surface area contributed by atoms with Gasteiger partial charge in [0.1, 0.15) is 25.1 Å². The van der Waals surface area contributed by atoms with Gasteiger partial charge in [-0.3, -0.25) is 13.9 Å². The summed E-state index contributed by atoms with van der Waals surface area (Å²) in [7, 11) is -3.65. The number of ether oxygens (including phenoxy) is 2. The monoisotopic (exact) mass is 563 g/mol. The number of anilines is 1. The number of sulfonamides is 1. The summed E-state index contributed by atoms with van der Waals surface area (Å²) in [5.41, 5.74) is 1.10. The molecule has 214 valence electrons. The summed E-state index contributed by atoms with van der Waals surface area (Å²) in [6, 6.07) is 10.0. The minimum absolute atomic E-state index is 0.0196. The molecular weight excluding hydrogens is 525 g/mol. The van der Waals surface area contributed by atoms with Crippen LogP contribution < -0.4 is 19.1 Å². The molecule has 2 amide bonds. The number of hydrogen-bond donors (Lipinski definition) is 1. The Bertz CT molecular complexity index is 1240. The third-order valence-corrected chi connectivity index (χ3v) is 7.50. The summed E-state index contributed by atoms with van der Waals surface area (Å²) in [4.78, 5) is 28.0. The van der Waals surface area contributed by atoms with E-state index >= 15 is 0 Å². The van der Waals surface area contributed by atoms with E-state index in [4.69, 9.17) is 9.47 Å². The second-order valence-corrected chi connectivity index (χ2v) is 11.9. The van der Waals surface area contributed by atoms with E-state index < -0.39 is 21.9 Å². The van der Waals surface area contributed by atoms with Gasteiger partial charge in [0, 0.05) is 32.1 Å². The average Bonchev–Trinajstić information content (AvgIpc) is 2.89. The van der Waals surface area contributed by atoms with E-state index in [1.54, 1.807) is 30.3 Å². The van der Waals surface area contributed by atoms with Gasteiger partial charge in [0.15, 0.2) is 11.5 Å². The first-order chi connectivity index (χ1) is 18.5. The summed E-state index contributed by atoms with van der Waals surface area (Å²) >= 11 is 0. The van der Waals surface area contributed by atoms with Crippen LogP contribution in [0.1, 0.15) is 45.6 Å². The number of hydrogen-bond acceptors (Lipinski definition) is 6. The van der Waals surface area contributed by atoms with Crippen LogP contribution in [0, 0.1) is 11.7 Å². The maximum atomic E-state index is 13.5. The lowest BCUT2D eigenvalue weighted by Crippen LogP contribution is -2.49. The zero-order valence-electron chi connectivity index (χ0n) is 23.0. The quantitative estimate of drug-likeness (QED) is 0.398. The van der Waals surface area contributed by atoms with Gasteiger partial charge in [-0.15, -0.1) is 0 Å². The van der Waals surface area contributed by atoms with Crippen molar-refractivity contribution in [2.45, 2.75) is 52.6 Å². The van der Waals surface area contributed by atoms with Crippen LogP contribution in [0.3, 0.4) is 0 Å². The Morgan fingerprint density at radius 2 is 1.72 bits per heavy atom. The van der Waals surface area contributed by atoms with Crippen molar-refractivity contribution in [3.8, 4) is 11.5 Å². The maximum Gasteiger partial charge on any atom is 0.242 e. The number of benzene rings is 2. The number of carbonyl (C=O) groups excluding carboxylic acids is 2. The molecule has 0 fully saturated rings. The molecule has 0 aromatic heterocycles. The van der Waals surface area contributed by atoms with Crippen LogP contribution >= 0.6 is 0 Å². The highest BCUT2D eigenvalue weighted by molar-refractivity contribution is 7.92. The minimum Gasteiger partial charge on any atom is -0.486 e. The van der Waals surface area contributed by atoms with E-state index in [2.05, 4.69) is 5.32 Å². The number of halogens is 1. The number of carbonyl (C=O) groups is 2. The van der Waals surface area contributed by atoms with E-state index in [1.165, 1.54) is 21.3 Å².